The van der Waals surface area contributed by atoms with Crippen LogP contribution in [-0.2, 0) is 0 Å². The average Bonchev–Trinajstić information content (AvgIpc) is 3.12. The Kier molecular flexibility index (Phi) is 3.41. The molecule has 1 aliphatic carbocycles. The van der Waals surface area contributed by atoms with Crippen molar-refractivity contribution in [1.29, 1.82) is 0 Å². The predicted molar refractivity (Wildman–Crippen MR) is 80.9 cm³/mol. The first kappa shape index (κ1) is 14.4. The fourth-order valence-electron chi connectivity index (χ4n) is 2.95. The molecule has 1 amide bonds. The number of aromatic nitrogens is 4. The molecule has 1 saturated carbocycles. The van der Waals surface area contributed by atoms with Crippen LogP contribution < -0.4 is 0 Å². The van der Waals surface area contributed by atoms with Crippen molar-refractivity contribution < 1.29 is 9.32 Å². The Morgan fingerprint density at radius 3 is 2.91 bits per heavy atom. The van der Waals surface area contributed by atoms with Gasteiger partial charge >= 0.3 is 0 Å². The summed E-state index contributed by atoms with van der Waals surface area (Å²) in [5, 5.41) is 10.8. The molecular formula is C15H20N6O2. The van der Waals surface area contributed by atoms with Crippen molar-refractivity contribution in [3.05, 3.63) is 29.2 Å². The zero-order chi connectivity index (χ0) is 16.0. The maximum absolute atomic E-state index is 12.7. The van der Waals surface area contributed by atoms with Crippen LogP contribution in [0.5, 0.6) is 0 Å². The number of aromatic amines is 1. The van der Waals surface area contributed by atoms with Crippen LogP contribution in [0.25, 0.3) is 0 Å². The van der Waals surface area contributed by atoms with E-state index in [4.69, 9.17) is 4.52 Å². The minimum atomic E-state index is -0.0556. The second kappa shape index (κ2) is 5.45. The van der Waals surface area contributed by atoms with Crippen molar-refractivity contribution in [2.24, 2.45) is 0 Å². The van der Waals surface area contributed by atoms with Crippen LogP contribution in [0, 0.1) is 6.92 Å². The molecule has 1 atom stereocenters. The molecule has 2 aliphatic rings. The van der Waals surface area contributed by atoms with Crippen molar-refractivity contribution in [3.8, 4) is 0 Å². The minimum absolute atomic E-state index is 0.00344. The molecule has 122 valence electrons. The standard InChI is InChI=1S/C15H20N6O2/c1-9-11(7-16-18-9)15(22)21-6-5-20(2)12(8-21)14-17-13(19-23-14)10-3-4-10/h7,10,12H,3-6,8H2,1-2H3,(H,16,18). The molecule has 8 nitrogen and oxygen atoms in total. The van der Waals surface area contributed by atoms with E-state index in [1.165, 1.54) is 0 Å². The number of hydrogen-bond acceptors (Lipinski definition) is 6. The van der Waals surface area contributed by atoms with E-state index in [1.807, 2.05) is 18.9 Å². The molecule has 2 fully saturated rings. The number of rotatable bonds is 3. The van der Waals surface area contributed by atoms with Gasteiger partial charge in [-0.05, 0) is 26.8 Å². The fraction of sp³-hybridized carbons (Fsp3) is 0.600. The Hall–Kier alpha value is -2.22. The molecule has 1 aliphatic heterocycles. The van der Waals surface area contributed by atoms with Crippen LogP contribution in [-0.4, -0.2) is 62.7 Å². The lowest BCUT2D eigenvalue weighted by atomic mass is 10.1. The number of carbonyl (C=O) groups is 1. The summed E-state index contributed by atoms with van der Waals surface area (Å²) >= 11 is 0. The molecule has 1 saturated heterocycles. The van der Waals surface area contributed by atoms with Gasteiger partial charge in [0.2, 0.25) is 5.89 Å². The zero-order valence-corrected chi connectivity index (χ0v) is 13.3. The van der Waals surface area contributed by atoms with E-state index in [1.54, 1.807) is 6.20 Å². The van der Waals surface area contributed by atoms with Crippen LogP contribution in [0.1, 0.15) is 52.6 Å². The van der Waals surface area contributed by atoms with Crippen molar-refractivity contribution in [2.75, 3.05) is 26.7 Å². The highest BCUT2D eigenvalue weighted by molar-refractivity contribution is 5.95. The highest BCUT2D eigenvalue weighted by Gasteiger charge is 2.35. The van der Waals surface area contributed by atoms with Gasteiger partial charge in [-0.1, -0.05) is 5.16 Å². The molecule has 2 aromatic heterocycles. The van der Waals surface area contributed by atoms with Gasteiger partial charge in [0.25, 0.3) is 5.91 Å². The monoisotopic (exact) mass is 316 g/mol. The van der Waals surface area contributed by atoms with Crippen molar-refractivity contribution in [3.63, 3.8) is 0 Å². The van der Waals surface area contributed by atoms with Gasteiger partial charge in [-0.2, -0.15) is 10.1 Å². The number of aryl methyl sites for hydroxylation is 1. The maximum atomic E-state index is 12.7. The maximum Gasteiger partial charge on any atom is 0.257 e. The summed E-state index contributed by atoms with van der Waals surface area (Å²) in [4.78, 5) is 21.2. The van der Waals surface area contributed by atoms with E-state index in [0.717, 1.165) is 30.9 Å². The minimum Gasteiger partial charge on any atom is -0.338 e. The molecule has 4 rings (SSSR count). The molecule has 1 unspecified atom stereocenters. The first-order valence-electron chi connectivity index (χ1n) is 7.96. The van der Waals surface area contributed by atoms with Gasteiger partial charge in [0, 0.05) is 31.2 Å². The smallest absolute Gasteiger partial charge is 0.257 e. The van der Waals surface area contributed by atoms with Gasteiger partial charge < -0.3 is 9.42 Å². The molecule has 0 spiro atoms. The predicted octanol–water partition coefficient (Wildman–Crippen LogP) is 1.11. The third-order valence-corrected chi connectivity index (χ3v) is 4.68. The lowest BCUT2D eigenvalue weighted by Gasteiger charge is -2.37. The van der Waals surface area contributed by atoms with Gasteiger partial charge in [0.15, 0.2) is 5.82 Å². The molecule has 0 radical (unpaired) electrons. The number of carbonyl (C=O) groups excluding carboxylic acids is 1. The van der Waals surface area contributed by atoms with Gasteiger partial charge in [-0.15, -0.1) is 0 Å². The van der Waals surface area contributed by atoms with Gasteiger partial charge in [0.05, 0.1) is 11.8 Å². The molecule has 0 bridgehead atoms. The molecule has 2 aromatic rings. The Morgan fingerprint density at radius 1 is 1.39 bits per heavy atom. The number of hydrogen-bond donors (Lipinski definition) is 1. The Bertz CT molecular complexity index is 719. The van der Waals surface area contributed by atoms with E-state index in [9.17, 15) is 4.79 Å². The number of amides is 1. The average molecular weight is 316 g/mol. The fourth-order valence-corrected chi connectivity index (χ4v) is 2.95. The molecule has 0 aromatic carbocycles. The van der Waals surface area contributed by atoms with Gasteiger partial charge in [-0.3, -0.25) is 14.8 Å². The normalized spacial score (nSPS) is 22.5. The quantitative estimate of drug-likeness (QED) is 0.912. The van der Waals surface area contributed by atoms with Crippen molar-refractivity contribution >= 4 is 5.91 Å². The summed E-state index contributed by atoms with van der Waals surface area (Å²) in [6.45, 7) is 3.86. The van der Waals surface area contributed by atoms with E-state index in [2.05, 4.69) is 25.2 Å². The molecule has 23 heavy (non-hydrogen) atoms. The highest BCUT2D eigenvalue weighted by Crippen LogP contribution is 2.38. The van der Waals surface area contributed by atoms with Crippen molar-refractivity contribution in [2.45, 2.75) is 31.7 Å². The molecular weight excluding hydrogens is 296 g/mol. The molecule has 3 heterocycles. The van der Waals surface area contributed by atoms with Crippen LogP contribution in [0.3, 0.4) is 0 Å². The summed E-state index contributed by atoms with van der Waals surface area (Å²) in [6, 6.07) is -0.0556. The Balaban J connectivity index is 1.53. The largest absolute Gasteiger partial charge is 0.338 e. The number of H-pyrrole nitrogens is 1. The zero-order valence-electron chi connectivity index (χ0n) is 13.3. The van der Waals surface area contributed by atoms with Gasteiger partial charge in [-0.25, -0.2) is 0 Å². The summed E-state index contributed by atoms with van der Waals surface area (Å²) < 4.78 is 5.46. The summed E-state index contributed by atoms with van der Waals surface area (Å²) in [5.41, 5.74) is 1.41. The molecule has 1 N–H and O–H groups in total. The van der Waals surface area contributed by atoms with Crippen LogP contribution >= 0.6 is 0 Å². The number of likely N-dealkylation sites (N-methyl/N-ethyl adjacent to an activating group) is 1. The lowest BCUT2D eigenvalue weighted by molar-refractivity contribution is 0.0488. The van der Waals surface area contributed by atoms with Crippen LogP contribution in [0.4, 0.5) is 0 Å². The number of piperazine rings is 1. The summed E-state index contributed by atoms with van der Waals surface area (Å²) in [5.74, 6) is 1.88. The van der Waals surface area contributed by atoms with E-state index >= 15 is 0 Å². The number of nitrogens with zero attached hydrogens (tertiary/aromatic N) is 5. The molecule has 8 heteroatoms. The second-order valence-corrected chi connectivity index (χ2v) is 6.42. The SMILES string of the molecule is Cc1[nH]ncc1C(=O)N1CCN(C)C(c2nc(C3CC3)no2)C1. The summed E-state index contributed by atoms with van der Waals surface area (Å²) in [6.07, 6.45) is 3.87. The number of nitrogens with one attached hydrogen (secondary N) is 1. The first-order chi connectivity index (χ1) is 11.1. The van der Waals surface area contributed by atoms with Crippen molar-refractivity contribution in [1.82, 2.24) is 30.1 Å². The third-order valence-electron chi connectivity index (χ3n) is 4.68. The topological polar surface area (TPSA) is 91.2 Å². The van der Waals surface area contributed by atoms with E-state index in [-0.39, 0.29) is 11.9 Å². The van der Waals surface area contributed by atoms with Gasteiger partial charge in [0.1, 0.15) is 6.04 Å². The lowest BCUT2D eigenvalue weighted by Crippen LogP contribution is -2.49. The Morgan fingerprint density at radius 2 is 2.22 bits per heavy atom. The Labute approximate surface area is 133 Å². The second-order valence-electron chi connectivity index (χ2n) is 6.42. The summed E-state index contributed by atoms with van der Waals surface area (Å²) in [7, 11) is 2.02. The first-order valence-corrected chi connectivity index (χ1v) is 7.96. The third kappa shape index (κ3) is 2.63. The highest BCUT2D eigenvalue weighted by atomic mass is 16.5. The van der Waals surface area contributed by atoms with Crippen LogP contribution in [0.15, 0.2) is 10.7 Å². The van der Waals surface area contributed by atoms with E-state index in [0.29, 0.717) is 30.5 Å². The van der Waals surface area contributed by atoms with E-state index < -0.39 is 0 Å². The van der Waals surface area contributed by atoms with Crippen LogP contribution in [0.2, 0.25) is 0 Å².